The van der Waals surface area contributed by atoms with E-state index in [1.54, 1.807) is 0 Å². The van der Waals surface area contributed by atoms with Crippen LogP contribution in [0.1, 0.15) is 74.5 Å². The Kier molecular flexibility index (Phi) is 14.0. The Morgan fingerprint density at radius 1 is 0.913 bits per heavy atom. The van der Waals surface area contributed by atoms with E-state index in [4.69, 9.17) is 20.4 Å². The monoisotopic (exact) mass is 332 g/mol. The third-order valence-electron chi connectivity index (χ3n) is 2.44. The van der Waals surface area contributed by atoms with Gasteiger partial charge >= 0.3 is 11.9 Å². The molecule has 0 fully saturated rings. The Balaban J connectivity index is 0. The van der Waals surface area contributed by atoms with E-state index < -0.39 is 11.9 Å². The van der Waals surface area contributed by atoms with Gasteiger partial charge in [0.05, 0.1) is 12.2 Å². The molecule has 7 nitrogen and oxygen atoms in total. The summed E-state index contributed by atoms with van der Waals surface area (Å²) in [4.78, 5) is 20.3. The van der Waals surface area contributed by atoms with E-state index in [1.807, 2.05) is 13.8 Å². The Labute approximate surface area is 136 Å². The first-order valence-electron chi connectivity index (χ1n) is 7.58. The van der Waals surface area contributed by atoms with Gasteiger partial charge in [-0.25, -0.2) is 9.59 Å². The van der Waals surface area contributed by atoms with Crippen LogP contribution in [0.15, 0.2) is 16.5 Å². The van der Waals surface area contributed by atoms with Crippen molar-refractivity contribution in [1.29, 1.82) is 0 Å². The molecule has 0 radical (unpaired) electrons. The molecular weight excluding hydrogens is 304 g/mol. The van der Waals surface area contributed by atoms with Crippen LogP contribution in [0, 0.1) is 0 Å². The molecule has 0 spiro atoms. The van der Waals surface area contributed by atoms with Crippen molar-refractivity contribution in [3.63, 3.8) is 0 Å². The predicted molar refractivity (Wildman–Crippen MR) is 85.8 cm³/mol. The van der Waals surface area contributed by atoms with Crippen molar-refractivity contribution in [2.45, 2.75) is 65.6 Å². The molecule has 1 aromatic rings. The quantitative estimate of drug-likeness (QED) is 0.630. The van der Waals surface area contributed by atoms with E-state index in [1.165, 1.54) is 0 Å². The van der Waals surface area contributed by atoms with E-state index in [9.17, 15) is 9.59 Å². The lowest BCUT2D eigenvalue weighted by atomic mass is 10.2. The van der Waals surface area contributed by atoms with Gasteiger partial charge < -0.3 is 24.8 Å². The zero-order valence-electron chi connectivity index (χ0n) is 14.2. The van der Waals surface area contributed by atoms with Crippen molar-refractivity contribution >= 4 is 11.9 Å². The van der Waals surface area contributed by atoms with Crippen LogP contribution in [0.5, 0.6) is 0 Å². The van der Waals surface area contributed by atoms with Crippen LogP contribution in [0.25, 0.3) is 0 Å². The van der Waals surface area contributed by atoms with Crippen molar-refractivity contribution in [1.82, 2.24) is 0 Å². The molecule has 1 heterocycles. The third kappa shape index (κ3) is 14.8. The average Bonchev–Trinajstić information content (AvgIpc) is 2.89. The Morgan fingerprint density at radius 3 is 1.30 bits per heavy atom. The minimum Gasteiger partial charge on any atom is -0.475 e. The second-order valence-corrected chi connectivity index (χ2v) is 5.05. The molecule has 0 saturated carbocycles. The fourth-order valence-corrected chi connectivity index (χ4v) is 1.40. The Hall–Kier alpha value is -1.86. The molecule has 23 heavy (non-hydrogen) atoms. The lowest BCUT2D eigenvalue weighted by molar-refractivity contribution is 0.0631. The zero-order valence-corrected chi connectivity index (χ0v) is 14.2. The summed E-state index contributed by atoms with van der Waals surface area (Å²) in [5.41, 5.74) is 0. The number of aromatic carboxylic acids is 2. The van der Waals surface area contributed by atoms with Gasteiger partial charge in [0.15, 0.2) is 0 Å². The summed E-state index contributed by atoms with van der Waals surface area (Å²) >= 11 is 0. The summed E-state index contributed by atoms with van der Waals surface area (Å²) in [5.74, 6) is -3.31. The van der Waals surface area contributed by atoms with Crippen LogP contribution in [0.4, 0.5) is 0 Å². The first kappa shape index (κ1) is 23.4. The molecule has 0 bridgehead atoms. The summed E-state index contributed by atoms with van der Waals surface area (Å²) < 4.78 is 4.41. The van der Waals surface area contributed by atoms with Crippen LogP contribution >= 0.6 is 0 Å². The molecule has 2 atom stereocenters. The van der Waals surface area contributed by atoms with Crippen LogP contribution in [-0.4, -0.2) is 44.6 Å². The number of carboxylic acid groups (broad SMARTS) is 2. The van der Waals surface area contributed by atoms with Crippen LogP contribution in [-0.2, 0) is 0 Å². The Bertz CT molecular complexity index is 397. The highest BCUT2D eigenvalue weighted by atomic mass is 16.4. The van der Waals surface area contributed by atoms with E-state index in [2.05, 4.69) is 18.3 Å². The minimum absolute atomic E-state index is 0.102. The molecule has 134 valence electrons. The molecule has 1 rings (SSSR count). The number of hydrogen-bond donors (Lipinski definition) is 4. The first-order chi connectivity index (χ1) is 10.6. The van der Waals surface area contributed by atoms with Gasteiger partial charge in [0.1, 0.15) is 0 Å². The van der Waals surface area contributed by atoms with Crippen molar-refractivity contribution in [3.8, 4) is 0 Å². The van der Waals surface area contributed by atoms with Crippen LogP contribution < -0.4 is 0 Å². The van der Waals surface area contributed by atoms with Gasteiger partial charge in [-0.3, -0.25) is 0 Å². The number of rotatable bonds is 6. The largest absolute Gasteiger partial charge is 0.475 e. The van der Waals surface area contributed by atoms with E-state index >= 15 is 0 Å². The van der Waals surface area contributed by atoms with Gasteiger partial charge in [-0.2, -0.15) is 0 Å². The molecule has 0 saturated heterocycles. The number of aliphatic hydroxyl groups is 2. The number of furan rings is 1. The lowest BCUT2D eigenvalue weighted by Crippen LogP contribution is -1.95. The van der Waals surface area contributed by atoms with E-state index in [0.29, 0.717) is 0 Å². The maximum Gasteiger partial charge on any atom is 0.371 e. The number of hydrogen-bond acceptors (Lipinski definition) is 5. The topological polar surface area (TPSA) is 128 Å². The van der Waals surface area contributed by atoms with Gasteiger partial charge in [-0.15, -0.1) is 0 Å². The first-order valence-corrected chi connectivity index (χ1v) is 7.58. The van der Waals surface area contributed by atoms with Crippen molar-refractivity contribution in [2.75, 3.05) is 0 Å². The Morgan fingerprint density at radius 2 is 1.22 bits per heavy atom. The second kappa shape index (κ2) is 13.8. The summed E-state index contributed by atoms with van der Waals surface area (Å²) in [6.45, 7) is 7.74. The maximum absolute atomic E-state index is 10.2. The van der Waals surface area contributed by atoms with Gasteiger partial charge in [-0.05, 0) is 38.8 Å². The molecule has 2 unspecified atom stereocenters. The SMILES string of the molecule is CCCC(C)O.CCCC(C)O.O=C(O)c1ccc(C(=O)O)o1. The average molecular weight is 332 g/mol. The fraction of sp³-hybridized carbons (Fsp3) is 0.625. The molecule has 0 aliphatic heterocycles. The molecule has 0 aromatic carbocycles. The minimum atomic E-state index is -1.28. The van der Waals surface area contributed by atoms with E-state index in [-0.39, 0.29) is 23.7 Å². The number of carboxylic acids is 2. The summed E-state index contributed by atoms with van der Waals surface area (Å²) in [6, 6.07) is 2.18. The van der Waals surface area contributed by atoms with Crippen molar-refractivity contribution < 1.29 is 34.4 Å². The fourth-order valence-electron chi connectivity index (χ4n) is 1.40. The maximum atomic E-state index is 10.2. The highest BCUT2D eigenvalue weighted by molar-refractivity contribution is 5.88. The molecular formula is C16H28O7. The van der Waals surface area contributed by atoms with Gasteiger partial charge in [-0.1, -0.05) is 26.7 Å². The van der Waals surface area contributed by atoms with Crippen molar-refractivity contribution in [3.05, 3.63) is 23.7 Å². The van der Waals surface area contributed by atoms with Crippen molar-refractivity contribution in [2.24, 2.45) is 0 Å². The number of aliphatic hydroxyl groups excluding tert-OH is 2. The molecule has 7 heteroatoms. The molecule has 1 aromatic heterocycles. The van der Waals surface area contributed by atoms with Gasteiger partial charge in [0.2, 0.25) is 11.5 Å². The predicted octanol–water partition coefficient (Wildman–Crippen LogP) is 3.01. The number of carbonyl (C=O) groups is 2. The lowest BCUT2D eigenvalue weighted by Gasteiger charge is -1.95. The highest BCUT2D eigenvalue weighted by Gasteiger charge is 2.12. The van der Waals surface area contributed by atoms with E-state index in [0.717, 1.165) is 37.8 Å². The highest BCUT2D eigenvalue weighted by Crippen LogP contribution is 2.06. The third-order valence-corrected chi connectivity index (χ3v) is 2.44. The molecule has 0 aliphatic carbocycles. The molecule has 4 N–H and O–H groups in total. The second-order valence-electron chi connectivity index (χ2n) is 5.05. The zero-order chi connectivity index (χ0) is 18.4. The summed E-state index contributed by atoms with van der Waals surface area (Å²) in [5, 5.41) is 33.7. The summed E-state index contributed by atoms with van der Waals surface area (Å²) in [7, 11) is 0. The van der Waals surface area contributed by atoms with Gasteiger partial charge in [0.25, 0.3) is 0 Å². The summed E-state index contributed by atoms with van der Waals surface area (Å²) in [6.07, 6.45) is 3.82. The van der Waals surface area contributed by atoms with Crippen LogP contribution in [0.3, 0.4) is 0 Å². The molecule has 0 aliphatic rings. The smallest absolute Gasteiger partial charge is 0.371 e. The standard InChI is InChI=1S/C6H4O5.2C5H12O/c7-5(8)3-1-2-4(11-3)6(9)10;2*1-3-4-5(2)6/h1-2H,(H,7,8)(H,9,10);2*5-6H,3-4H2,1-2H3. The normalized spacial score (nSPS) is 12.1. The molecule has 0 amide bonds. The van der Waals surface area contributed by atoms with Gasteiger partial charge in [0, 0.05) is 0 Å². The van der Waals surface area contributed by atoms with Crippen LogP contribution in [0.2, 0.25) is 0 Å².